The van der Waals surface area contributed by atoms with Crippen molar-refractivity contribution in [2.75, 3.05) is 0 Å². The average Bonchev–Trinajstić information content (AvgIpc) is 3.08. The smallest absolute Gasteiger partial charge is 0.0645 e. The van der Waals surface area contributed by atoms with Gasteiger partial charge in [-0.2, -0.15) is 0 Å². The molecule has 3 rings (SSSR count). The Bertz CT molecular complexity index is 526. The number of aryl methyl sites for hydroxylation is 1. The molecule has 0 spiro atoms. The normalized spacial score (nSPS) is 14.9. The van der Waals surface area contributed by atoms with Crippen molar-refractivity contribution in [2.24, 2.45) is 0 Å². The molecular formula is C15H19N3. The van der Waals surface area contributed by atoms with Crippen molar-refractivity contribution < 1.29 is 0 Å². The summed E-state index contributed by atoms with van der Waals surface area (Å²) in [6.07, 6.45) is 4.80. The molecule has 94 valence electrons. The quantitative estimate of drug-likeness (QED) is 0.871. The largest absolute Gasteiger partial charge is 0.344 e. The van der Waals surface area contributed by atoms with Gasteiger partial charge in [0.15, 0.2) is 0 Å². The highest BCUT2D eigenvalue weighted by atomic mass is 15.0. The fourth-order valence-corrected chi connectivity index (χ4v) is 2.16. The molecule has 1 fully saturated rings. The molecule has 18 heavy (non-hydrogen) atoms. The summed E-state index contributed by atoms with van der Waals surface area (Å²) < 4.78 is 2.27. The first kappa shape index (κ1) is 11.5. The maximum atomic E-state index is 4.56. The van der Waals surface area contributed by atoms with Crippen LogP contribution in [0.5, 0.6) is 0 Å². The minimum Gasteiger partial charge on any atom is -0.344 e. The van der Waals surface area contributed by atoms with Gasteiger partial charge in [0.05, 0.1) is 12.2 Å². The highest BCUT2D eigenvalue weighted by molar-refractivity contribution is 5.14. The summed E-state index contributed by atoms with van der Waals surface area (Å²) in [5, 5.41) is 3.56. The second-order valence-corrected chi connectivity index (χ2v) is 5.05. The molecule has 1 aliphatic carbocycles. The third-order valence-electron chi connectivity index (χ3n) is 3.35. The van der Waals surface area contributed by atoms with Gasteiger partial charge >= 0.3 is 0 Å². The van der Waals surface area contributed by atoms with E-state index in [4.69, 9.17) is 0 Å². The van der Waals surface area contributed by atoms with Crippen molar-refractivity contribution in [3.05, 3.63) is 53.6 Å². The second kappa shape index (κ2) is 4.94. The summed E-state index contributed by atoms with van der Waals surface area (Å²) in [4.78, 5) is 4.56. The van der Waals surface area contributed by atoms with E-state index in [1.165, 1.54) is 18.5 Å². The minimum atomic E-state index is 0.755. The van der Waals surface area contributed by atoms with Gasteiger partial charge in [-0.3, -0.25) is 4.98 Å². The molecule has 2 aromatic rings. The fraction of sp³-hybridized carbons (Fsp3) is 0.400. The molecule has 0 bridgehead atoms. The number of aromatic nitrogens is 2. The van der Waals surface area contributed by atoms with Crippen molar-refractivity contribution in [1.29, 1.82) is 0 Å². The summed E-state index contributed by atoms with van der Waals surface area (Å²) in [5.74, 6) is 0. The molecule has 1 N–H and O–H groups in total. The molecular weight excluding hydrogens is 222 g/mol. The predicted molar refractivity (Wildman–Crippen MR) is 72.4 cm³/mol. The predicted octanol–water partition coefficient (Wildman–Crippen LogP) is 2.49. The Kier molecular flexibility index (Phi) is 3.15. The summed E-state index contributed by atoms with van der Waals surface area (Å²) in [7, 11) is 0. The second-order valence-electron chi connectivity index (χ2n) is 5.05. The Morgan fingerprint density at radius 1 is 1.28 bits per heavy atom. The molecule has 0 radical (unpaired) electrons. The topological polar surface area (TPSA) is 29.9 Å². The van der Waals surface area contributed by atoms with E-state index in [0.717, 1.165) is 30.5 Å². The van der Waals surface area contributed by atoms with E-state index in [1.807, 2.05) is 13.0 Å². The van der Waals surface area contributed by atoms with Crippen LogP contribution < -0.4 is 5.32 Å². The SMILES string of the molecule is Cc1cccc(Cn2cccc2CNC2CC2)n1. The van der Waals surface area contributed by atoms with Crippen molar-refractivity contribution in [3.8, 4) is 0 Å². The lowest BCUT2D eigenvalue weighted by Gasteiger charge is -2.10. The minimum absolute atomic E-state index is 0.755. The van der Waals surface area contributed by atoms with Crippen LogP contribution in [0, 0.1) is 6.92 Å². The van der Waals surface area contributed by atoms with Crippen LogP contribution in [0.3, 0.4) is 0 Å². The number of hydrogen-bond donors (Lipinski definition) is 1. The van der Waals surface area contributed by atoms with Crippen LogP contribution in [-0.4, -0.2) is 15.6 Å². The van der Waals surface area contributed by atoms with Gasteiger partial charge < -0.3 is 9.88 Å². The molecule has 3 nitrogen and oxygen atoms in total. The van der Waals surface area contributed by atoms with Crippen LogP contribution in [0.4, 0.5) is 0 Å². The van der Waals surface area contributed by atoms with Crippen LogP contribution >= 0.6 is 0 Å². The van der Waals surface area contributed by atoms with E-state index < -0.39 is 0 Å². The van der Waals surface area contributed by atoms with Gasteiger partial charge in [-0.25, -0.2) is 0 Å². The lowest BCUT2D eigenvalue weighted by Crippen LogP contribution is -2.18. The number of rotatable bonds is 5. The van der Waals surface area contributed by atoms with Gasteiger partial charge in [0.25, 0.3) is 0 Å². The number of nitrogens with zero attached hydrogens (tertiary/aromatic N) is 2. The highest BCUT2D eigenvalue weighted by Crippen LogP contribution is 2.19. The zero-order valence-electron chi connectivity index (χ0n) is 10.8. The molecule has 0 saturated heterocycles. The van der Waals surface area contributed by atoms with Crippen LogP contribution in [-0.2, 0) is 13.1 Å². The van der Waals surface area contributed by atoms with Crippen LogP contribution in [0.1, 0.15) is 29.9 Å². The third kappa shape index (κ3) is 2.79. The Hall–Kier alpha value is -1.61. The molecule has 0 aromatic carbocycles. The monoisotopic (exact) mass is 241 g/mol. The average molecular weight is 241 g/mol. The van der Waals surface area contributed by atoms with Crippen LogP contribution in [0.15, 0.2) is 36.5 Å². The Morgan fingerprint density at radius 2 is 2.17 bits per heavy atom. The van der Waals surface area contributed by atoms with E-state index in [0.29, 0.717) is 0 Å². The van der Waals surface area contributed by atoms with E-state index in [2.05, 4.69) is 45.3 Å². The Balaban J connectivity index is 1.69. The maximum Gasteiger partial charge on any atom is 0.0645 e. The molecule has 0 unspecified atom stereocenters. The van der Waals surface area contributed by atoms with Crippen molar-refractivity contribution in [3.63, 3.8) is 0 Å². The Morgan fingerprint density at radius 3 is 2.94 bits per heavy atom. The van der Waals surface area contributed by atoms with Gasteiger partial charge in [-0.1, -0.05) is 6.07 Å². The maximum absolute atomic E-state index is 4.56. The Labute approximate surface area is 108 Å². The van der Waals surface area contributed by atoms with Crippen molar-refractivity contribution in [2.45, 2.75) is 38.9 Å². The molecule has 0 amide bonds. The molecule has 0 atom stereocenters. The molecule has 2 heterocycles. The summed E-state index contributed by atoms with van der Waals surface area (Å²) in [5.41, 5.74) is 3.54. The van der Waals surface area contributed by atoms with Crippen LogP contribution in [0.25, 0.3) is 0 Å². The standard InChI is InChI=1S/C15H19N3/c1-12-4-2-5-14(17-12)11-18-9-3-6-15(18)10-16-13-7-8-13/h2-6,9,13,16H,7-8,10-11H2,1H3. The number of nitrogens with one attached hydrogen (secondary N) is 1. The van der Waals surface area contributed by atoms with Gasteiger partial charge in [-0.15, -0.1) is 0 Å². The summed E-state index contributed by atoms with van der Waals surface area (Å²) in [6, 6.07) is 11.2. The van der Waals surface area contributed by atoms with Crippen molar-refractivity contribution in [1.82, 2.24) is 14.9 Å². The fourth-order valence-electron chi connectivity index (χ4n) is 2.16. The first-order valence-electron chi connectivity index (χ1n) is 6.61. The van der Waals surface area contributed by atoms with Gasteiger partial charge in [-0.05, 0) is 44.0 Å². The van der Waals surface area contributed by atoms with Crippen LogP contribution in [0.2, 0.25) is 0 Å². The van der Waals surface area contributed by atoms with Gasteiger partial charge in [0, 0.05) is 30.2 Å². The van der Waals surface area contributed by atoms with E-state index >= 15 is 0 Å². The first-order chi connectivity index (χ1) is 8.81. The van der Waals surface area contributed by atoms with E-state index in [9.17, 15) is 0 Å². The lowest BCUT2D eigenvalue weighted by molar-refractivity contribution is 0.630. The van der Waals surface area contributed by atoms with Gasteiger partial charge in [0.2, 0.25) is 0 Å². The molecule has 2 aromatic heterocycles. The number of hydrogen-bond acceptors (Lipinski definition) is 2. The lowest BCUT2D eigenvalue weighted by atomic mass is 10.3. The molecule has 0 aliphatic heterocycles. The molecule has 1 saturated carbocycles. The first-order valence-corrected chi connectivity index (χ1v) is 6.61. The van der Waals surface area contributed by atoms with E-state index in [-0.39, 0.29) is 0 Å². The molecule has 1 aliphatic rings. The summed E-state index contributed by atoms with van der Waals surface area (Å²) in [6.45, 7) is 3.86. The third-order valence-corrected chi connectivity index (χ3v) is 3.35. The highest BCUT2D eigenvalue weighted by Gasteiger charge is 2.20. The van der Waals surface area contributed by atoms with Gasteiger partial charge in [0.1, 0.15) is 0 Å². The molecule has 3 heteroatoms. The number of pyridine rings is 1. The summed E-state index contributed by atoms with van der Waals surface area (Å²) >= 11 is 0. The van der Waals surface area contributed by atoms with Crippen molar-refractivity contribution >= 4 is 0 Å². The zero-order chi connectivity index (χ0) is 12.4. The van der Waals surface area contributed by atoms with E-state index in [1.54, 1.807) is 0 Å². The zero-order valence-corrected chi connectivity index (χ0v) is 10.8.